The fraction of sp³-hybridized carbons (Fsp3) is 0.417. The van der Waals surface area contributed by atoms with Gasteiger partial charge in [0.15, 0.2) is 0 Å². The minimum atomic E-state index is -0.568. The van der Waals surface area contributed by atoms with Crippen molar-refractivity contribution in [3.63, 3.8) is 0 Å². The molecule has 1 aliphatic heterocycles. The second-order valence-electron chi connectivity index (χ2n) is 4.46. The van der Waals surface area contributed by atoms with Crippen LogP contribution in [0.1, 0.15) is 23.2 Å². The summed E-state index contributed by atoms with van der Waals surface area (Å²) in [5, 5.41) is 16.9. The molecule has 8 heteroatoms. The molecule has 0 bridgehead atoms. The van der Waals surface area contributed by atoms with E-state index in [9.17, 15) is 14.9 Å². The van der Waals surface area contributed by atoms with Crippen molar-refractivity contribution in [1.29, 1.82) is 0 Å². The Morgan fingerprint density at radius 1 is 1.50 bits per heavy atom. The standard InChI is InChI=1S/C12H14ClN3O3.ClH/c13-9-4-8(5-11(6-9)16(18)19)12(17)15-7-10-2-1-3-14-10;/h4-6,10,14H,1-3,7H2,(H,15,17);1H. The molecule has 1 aromatic carbocycles. The van der Waals surface area contributed by atoms with Crippen LogP contribution in [0.25, 0.3) is 0 Å². The fourth-order valence-electron chi connectivity index (χ4n) is 2.06. The largest absolute Gasteiger partial charge is 0.350 e. The van der Waals surface area contributed by atoms with E-state index in [2.05, 4.69) is 10.6 Å². The van der Waals surface area contributed by atoms with E-state index in [1.54, 1.807) is 0 Å². The molecule has 1 saturated heterocycles. The van der Waals surface area contributed by atoms with Crippen LogP contribution in [0, 0.1) is 10.1 Å². The van der Waals surface area contributed by atoms with Gasteiger partial charge in [-0.1, -0.05) is 11.6 Å². The molecule has 0 aromatic heterocycles. The number of benzene rings is 1. The Hall–Kier alpha value is -1.37. The predicted octanol–water partition coefficient (Wildman–Crippen LogP) is 2.15. The minimum Gasteiger partial charge on any atom is -0.350 e. The van der Waals surface area contributed by atoms with E-state index in [4.69, 9.17) is 11.6 Å². The van der Waals surface area contributed by atoms with Gasteiger partial charge in [-0.3, -0.25) is 14.9 Å². The van der Waals surface area contributed by atoms with Gasteiger partial charge in [0.1, 0.15) is 0 Å². The van der Waals surface area contributed by atoms with Crippen LogP contribution in [0.15, 0.2) is 18.2 Å². The summed E-state index contributed by atoms with van der Waals surface area (Å²) in [6.07, 6.45) is 2.12. The third-order valence-corrected chi connectivity index (χ3v) is 3.25. The van der Waals surface area contributed by atoms with Gasteiger partial charge in [-0.25, -0.2) is 0 Å². The Morgan fingerprint density at radius 2 is 2.25 bits per heavy atom. The Labute approximate surface area is 127 Å². The zero-order valence-electron chi connectivity index (χ0n) is 10.6. The molecule has 0 aliphatic carbocycles. The number of halogens is 2. The molecule has 0 radical (unpaired) electrons. The van der Waals surface area contributed by atoms with Gasteiger partial charge in [-0.05, 0) is 25.5 Å². The first-order valence-corrected chi connectivity index (χ1v) is 6.40. The number of amides is 1. The van der Waals surface area contributed by atoms with Crippen molar-refractivity contribution in [3.8, 4) is 0 Å². The lowest BCUT2D eigenvalue weighted by molar-refractivity contribution is -0.384. The summed E-state index contributed by atoms with van der Waals surface area (Å²) in [5.41, 5.74) is 0.0221. The summed E-state index contributed by atoms with van der Waals surface area (Å²) in [5.74, 6) is -0.348. The normalized spacial score (nSPS) is 17.4. The molecule has 20 heavy (non-hydrogen) atoms. The fourth-order valence-corrected chi connectivity index (χ4v) is 2.29. The van der Waals surface area contributed by atoms with Crippen LogP contribution >= 0.6 is 24.0 Å². The van der Waals surface area contributed by atoms with Crippen LogP contribution in [-0.4, -0.2) is 30.0 Å². The van der Waals surface area contributed by atoms with Crippen molar-refractivity contribution in [2.45, 2.75) is 18.9 Å². The Morgan fingerprint density at radius 3 is 2.85 bits per heavy atom. The number of nitrogens with zero attached hydrogens (tertiary/aromatic N) is 1. The van der Waals surface area contributed by atoms with Crippen LogP contribution in [0.5, 0.6) is 0 Å². The maximum atomic E-state index is 11.9. The molecule has 1 heterocycles. The highest BCUT2D eigenvalue weighted by Gasteiger charge is 2.17. The Balaban J connectivity index is 0.00000200. The van der Waals surface area contributed by atoms with Gasteiger partial charge in [0, 0.05) is 35.3 Å². The van der Waals surface area contributed by atoms with E-state index in [1.165, 1.54) is 18.2 Å². The maximum absolute atomic E-state index is 11.9. The third kappa shape index (κ3) is 4.33. The number of rotatable bonds is 4. The predicted molar refractivity (Wildman–Crippen MR) is 78.7 cm³/mol. The summed E-state index contributed by atoms with van der Waals surface area (Å²) < 4.78 is 0. The molecule has 2 N–H and O–H groups in total. The molecule has 1 unspecified atom stereocenters. The zero-order chi connectivity index (χ0) is 13.8. The number of carbonyl (C=O) groups excluding carboxylic acids is 1. The van der Waals surface area contributed by atoms with Gasteiger partial charge in [-0.2, -0.15) is 0 Å². The third-order valence-electron chi connectivity index (χ3n) is 3.03. The van der Waals surface area contributed by atoms with E-state index >= 15 is 0 Å². The molecule has 1 fully saturated rings. The van der Waals surface area contributed by atoms with Crippen LogP contribution in [0.2, 0.25) is 5.02 Å². The van der Waals surface area contributed by atoms with Gasteiger partial charge in [0.05, 0.1) is 4.92 Å². The monoisotopic (exact) mass is 319 g/mol. The molecule has 1 amide bonds. The summed E-state index contributed by atoms with van der Waals surface area (Å²) in [4.78, 5) is 22.0. The molecule has 2 rings (SSSR count). The second-order valence-corrected chi connectivity index (χ2v) is 4.89. The molecular weight excluding hydrogens is 305 g/mol. The van der Waals surface area contributed by atoms with Crippen molar-refractivity contribution in [2.75, 3.05) is 13.1 Å². The summed E-state index contributed by atoms with van der Waals surface area (Å²) in [7, 11) is 0. The first-order chi connectivity index (χ1) is 9.06. The Kier molecular flexibility index (Phi) is 6.19. The van der Waals surface area contributed by atoms with Gasteiger partial charge < -0.3 is 10.6 Å². The van der Waals surface area contributed by atoms with Gasteiger partial charge in [-0.15, -0.1) is 12.4 Å². The number of hydrogen-bond acceptors (Lipinski definition) is 4. The molecule has 0 spiro atoms. The topological polar surface area (TPSA) is 84.3 Å². The van der Waals surface area contributed by atoms with E-state index in [-0.39, 0.29) is 40.6 Å². The molecule has 6 nitrogen and oxygen atoms in total. The van der Waals surface area contributed by atoms with Crippen molar-refractivity contribution in [1.82, 2.24) is 10.6 Å². The highest BCUT2D eigenvalue weighted by Crippen LogP contribution is 2.20. The number of carbonyl (C=O) groups is 1. The SMILES string of the molecule is Cl.O=C(NCC1CCCN1)c1cc(Cl)cc([N+](=O)[O-])c1. The quantitative estimate of drug-likeness (QED) is 0.658. The smallest absolute Gasteiger partial charge is 0.271 e. The zero-order valence-corrected chi connectivity index (χ0v) is 12.2. The van der Waals surface area contributed by atoms with E-state index in [1.807, 2.05) is 0 Å². The van der Waals surface area contributed by atoms with Gasteiger partial charge in [0.2, 0.25) is 0 Å². The number of nitro benzene ring substituents is 1. The summed E-state index contributed by atoms with van der Waals surface area (Å²) in [6, 6.07) is 4.14. The van der Waals surface area contributed by atoms with Gasteiger partial charge >= 0.3 is 0 Å². The highest BCUT2D eigenvalue weighted by atomic mass is 35.5. The average molecular weight is 320 g/mol. The molecule has 0 saturated carbocycles. The van der Waals surface area contributed by atoms with Crippen LogP contribution in [0.4, 0.5) is 5.69 Å². The first-order valence-electron chi connectivity index (χ1n) is 6.03. The van der Waals surface area contributed by atoms with E-state index < -0.39 is 4.92 Å². The van der Waals surface area contributed by atoms with Crippen molar-refractivity contribution < 1.29 is 9.72 Å². The molecule has 1 aromatic rings. The second kappa shape index (κ2) is 7.42. The molecular formula is C12H15Cl2N3O3. The number of hydrogen-bond donors (Lipinski definition) is 2. The molecule has 1 atom stereocenters. The van der Waals surface area contributed by atoms with Gasteiger partial charge in [0.25, 0.3) is 11.6 Å². The number of nitro groups is 1. The lowest BCUT2D eigenvalue weighted by Gasteiger charge is -2.11. The summed E-state index contributed by atoms with van der Waals surface area (Å²) >= 11 is 5.77. The minimum absolute atomic E-state index is 0. The number of nitrogens with one attached hydrogen (secondary N) is 2. The van der Waals surface area contributed by atoms with Crippen molar-refractivity contribution >= 4 is 35.6 Å². The molecule has 110 valence electrons. The van der Waals surface area contributed by atoms with Crippen LogP contribution in [0.3, 0.4) is 0 Å². The summed E-state index contributed by atoms with van der Waals surface area (Å²) in [6.45, 7) is 1.47. The lowest BCUT2D eigenvalue weighted by atomic mass is 10.1. The highest BCUT2D eigenvalue weighted by molar-refractivity contribution is 6.31. The van der Waals surface area contributed by atoms with Crippen LogP contribution < -0.4 is 10.6 Å². The van der Waals surface area contributed by atoms with Crippen molar-refractivity contribution in [3.05, 3.63) is 38.9 Å². The average Bonchev–Trinajstić information content (AvgIpc) is 2.88. The lowest BCUT2D eigenvalue weighted by Crippen LogP contribution is -2.37. The molecule has 1 aliphatic rings. The van der Waals surface area contributed by atoms with Crippen LogP contribution in [-0.2, 0) is 0 Å². The maximum Gasteiger partial charge on any atom is 0.271 e. The van der Waals surface area contributed by atoms with Crippen molar-refractivity contribution in [2.24, 2.45) is 0 Å². The Bertz CT molecular complexity index is 505. The van der Waals surface area contributed by atoms with E-state index in [0.717, 1.165) is 19.4 Å². The van der Waals surface area contributed by atoms with E-state index in [0.29, 0.717) is 6.54 Å². The first kappa shape index (κ1) is 16.7. The number of non-ortho nitro benzene ring substituents is 1.